The van der Waals surface area contributed by atoms with Crippen molar-refractivity contribution in [2.24, 2.45) is 0 Å². The van der Waals surface area contributed by atoms with Gasteiger partial charge in [0, 0.05) is 0 Å². The van der Waals surface area contributed by atoms with Gasteiger partial charge in [0.05, 0.1) is 29.9 Å². The first-order valence-corrected chi connectivity index (χ1v) is 7.07. The number of aromatic nitrogens is 4. The van der Waals surface area contributed by atoms with Crippen LogP contribution in [0.25, 0.3) is 11.0 Å². The van der Waals surface area contributed by atoms with E-state index in [4.69, 9.17) is 4.52 Å². The fourth-order valence-corrected chi connectivity index (χ4v) is 2.52. The molecule has 3 aromatic rings. The lowest BCUT2D eigenvalue weighted by molar-refractivity contribution is 0.224. The van der Waals surface area contributed by atoms with Crippen molar-refractivity contribution >= 4 is 11.0 Å². The lowest BCUT2D eigenvalue weighted by atomic mass is 10.2. The van der Waals surface area contributed by atoms with Gasteiger partial charge < -0.3 is 9.09 Å². The minimum Gasteiger partial charge on any atom is -0.338 e. The number of rotatable bonds is 5. The van der Waals surface area contributed by atoms with Crippen LogP contribution in [0.5, 0.6) is 0 Å². The number of imidazole rings is 1. The van der Waals surface area contributed by atoms with Crippen molar-refractivity contribution in [2.45, 2.75) is 25.9 Å². The molecule has 0 bridgehead atoms. The molecule has 0 N–H and O–H groups in total. The van der Waals surface area contributed by atoms with E-state index in [1.54, 1.807) is 0 Å². The van der Waals surface area contributed by atoms with Gasteiger partial charge in [-0.3, -0.25) is 4.90 Å². The monoisotopic (exact) mass is 285 g/mol. The number of para-hydroxylation sites is 2. The molecule has 0 spiro atoms. The lowest BCUT2D eigenvalue weighted by Crippen LogP contribution is -2.19. The number of hydrogen-bond acceptors (Lipinski definition) is 5. The predicted octanol–water partition coefficient (Wildman–Crippen LogP) is 2.48. The fraction of sp³-hybridized carbons (Fsp3) is 0.400. The molecule has 2 heterocycles. The largest absolute Gasteiger partial charge is 0.338 e. The Balaban J connectivity index is 1.84. The van der Waals surface area contributed by atoms with Gasteiger partial charge in [-0.05, 0) is 32.6 Å². The Bertz CT molecular complexity index is 730. The van der Waals surface area contributed by atoms with E-state index in [2.05, 4.69) is 26.9 Å². The Labute approximate surface area is 123 Å². The molecule has 0 aliphatic carbocycles. The molecular formula is C15H19N5O. The first-order valence-electron chi connectivity index (χ1n) is 7.07. The van der Waals surface area contributed by atoms with Crippen molar-refractivity contribution in [3.8, 4) is 0 Å². The second-order valence-electron chi connectivity index (χ2n) is 5.30. The van der Waals surface area contributed by atoms with Crippen LogP contribution in [0.4, 0.5) is 0 Å². The lowest BCUT2D eigenvalue weighted by Gasteiger charge is -2.18. The van der Waals surface area contributed by atoms with Gasteiger partial charge in [0.1, 0.15) is 0 Å². The van der Waals surface area contributed by atoms with E-state index in [0.29, 0.717) is 18.3 Å². The molecule has 0 fully saturated rings. The van der Waals surface area contributed by atoms with Crippen LogP contribution in [-0.4, -0.2) is 38.7 Å². The Kier molecular flexibility index (Phi) is 3.70. The topological polar surface area (TPSA) is 60.0 Å². The molecule has 0 aliphatic heterocycles. The molecule has 0 radical (unpaired) electrons. The molecule has 0 saturated carbocycles. The molecule has 21 heavy (non-hydrogen) atoms. The van der Waals surface area contributed by atoms with Gasteiger partial charge in [0.25, 0.3) is 0 Å². The van der Waals surface area contributed by atoms with Crippen molar-refractivity contribution in [3.05, 3.63) is 42.3 Å². The summed E-state index contributed by atoms with van der Waals surface area (Å²) in [6, 6.07) is 8.17. The second kappa shape index (κ2) is 5.65. The molecule has 3 rings (SSSR count). The number of fused-ring (bicyclic) bond motifs is 1. The Morgan fingerprint density at radius 1 is 1.29 bits per heavy atom. The standard InChI is InChI=1S/C15H19N5O/c1-4-12(19(2)3)15-17-14(18-21-15)9-20-10-16-11-7-5-6-8-13(11)20/h5-8,10,12H,4,9H2,1-3H3. The van der Waals surface area contributed by atoms with E-state index in [-0.39, 0.29) is 6.04 Å². The highest BCUT2D eigenvalue weighted by Gasteiger charge is 2.19. The van der Waals surface area contributed by atoms with Gasteiger partial charge in [-0.2, -0.15) is 4.98 Å². The van der Waals surface area contributed by atoms with Crippen molar-refractivity contribution in [3.63, 3.8) is 0 Å². The average Bonchev–Trinajstić information content (AvgIpc) is 3.08. The van der Waals surface area contributed by atoms with Gasteiger partial charge in [0.15, 0.2) is 5.82 Å². The Morgan fingerprint density at radius 2 is 2.10 bits per heavy atom. The molecule has 110 valence electrons. The van der Waals surface area contributed by atoms with Gasteiger partial charge >= 0.3 is 0 Å². The van der Waals surface area contributed by atoms with Crippen LogP contribution in [0.15, 0.2) is 35.1 Å². The summed E-state index contributed by atoms with van der Waals surface area (Å²) in [5.74, 6) is 1.34. The van der Waals surface area contributed by atoms with Crippen molar-refractivity contribution in [1.29, 1.82) is 0 Å². The summed E-state index contributed by atoms with van der Waals surface area (Å²) >= 11 is 0. The summed E-state index contributed by atoms with van der Waals surface area (Å²) in [5, 5.41) is 4.09. The zero-order valence-corrected chi connectivity index (χ0v) is 12.5. The summed E-state index contributed by atoms with van der Waals surface area (Å²) in [6.07, 6.45) is 2.74. The SMILES string of the molecule is CCC(c1nc(Cn2cnc3ccccc32)no1)N(C)C. The minimum atomic E-state index is 0.158. The maximum atomic E-state index is 5.40. The fourth-order valence-electron chi connectivity index (χ4n) is 2.52. The third-order valence-electron chi connectivity index (χ3n) is 3.62. The second-order valence-corrected chi connectivity index (χ2v) is 5.30. The smallest absolute Gasteiger partial charge is 0.244 e. The highest BCUT2D eigenvalue weighted by atomic mass is 16.5. The van der Waals surface area contributed by atoms with Crippen molar-refractivity contribution in [2.75, 3.05) is 14.1 Å². The summed E-state index contributed by atoms with van der Waals surface area (Å²) in [6.45, 7) is 2.67. The first-order chi connectivity index (χ1) is 10.2. The normalized spacial score (nSPS) is 13.1. The van der Waals surface area contributed by atoms with Gasteiger partial charge in [-0.25, -0.2) is 4.98 Å². The molecule has 0 saturated heterocycles. The molecule has 2 aromatic heterocycles. The zero-order valence-electron chi connectivity index (χ0n) is 12.5. The van der Waals surface area contributed by atoms with Crippen LogP contribution in [0.1, 0.15) is 31.1 Å². The molecule has 1 unspecified atom stereocenters. The maximum Gasteiger partial charge on any atom is 0.244 e. The van der Waals surface area contributed by atoms with Gasteiger partial charge in [-0.1, -0.05) is 24.2 Å². The Hall–Kier alpha value is -2.21. The van der Waals surface area contributed by atoms with Crippen LogP contribution in [0.2, 0.25) is 0 Å². The third-order valence-corrected chi connectivity index (χ3v) is 3.62. The predicted molar refractivity (Wildman–Crippen MR) is 79.9 cm³/mol. The van der Waals surface area contributed by atoms with Gasteiger partial charge in [0.2, 0.25) is 5.89 Å². The van der Waals surface area contributed by atoms with E-state index in [1.165, 1.54) is 0 Å². The van der Waals surface area contributed by atoms with E-state index in [9.17, 15) is 0 Å². The summed E-state index contributed by atoms with van der Waals surface area (Å²) in [5.41, 5.74) is 2.05. The minimum absolute atomic E-state index is 0.158. The molecule has 6 nitrogen and oxygen atoms in total. The van der Waals surface area contributed by atoms with E-state index in [1.807, 2.05) is 49.3 Å². The molecule has 0 amide bonds. The van der Waals surface area contributed by atoms with Crippen LogP contribution < -0.4 is 0 Å². The molecular weight excluding hydrogens is 266 g/mol. The number of benzene rings is 1. The first kappa shape index (κ1) is 13.8. The quantitative estimate of drug-likeness (QED) is 0.720. The summed E-state index contributed by atoms with van der Waals surface area (Å²) in [7, 11) is 4.03. The van der Waals surface area contributed by atoms with E-state index in [0.717, 1.165) is 17.5 Å². The summed E-state index contributed by atoms with van der Waals surface area (Å²) < 4.78 is 7.43. The van der Waals surface area contributed by atoms with Gasteiger partial charge in [-0.15, -0.1) is 0 Å². The average molecular weight is 285 g/mol. The molecule has 6 heteroatoms. The van der Waals surface area contributed by atoms with Crippen LogP contribution in [-0.2, 0) is 6.54 Å². The van der Waals surface area contributed by atoms with E-state index < -0.39 is 0 Å². The molecule has 1 atom stereocenters. The maximum absolute atomic E-state index is 5.40. The van der Waals surface area contributed by atoms with Crippen molar-refractivity contribution in [1.82, 2.24) is 24.6 Å². The summed E-state index contributed by atoms with van der Waals surface area (Å²) in [4.78, 5) is 11.0. The number of nitrogens with zero attached hydrogens (tertiary/aromatic N) is 5. The highest BCUT2D eigenvalue weighted by Crippen LogP contribution is 2.20. The van der Waals surface area contributed by atoms with Crippen LogP contribution in [0, 0.1) is 0 Å². The van der Waals surface area contributed by atoms with Crippen LogP contribution >= 0.6 is 0 Å². The van der Waals surface area contributed by atoms with Crippen molar-refractivity contribution < 1.29 is 4.52 Å². The third kappa shape index (κ3) is 2.67. The zero-order chi connectivity index (χ0) is 14.8. The van der Waals surface area contributed by atoms with E-state index >= 15 is 0 Å². The molecule has 1 aromatic carbocycles. The highest BCUT2D eigenvalue weighted by molar-refractivity contribution is 5.74. The number of hydrogen-bond donors (Lipinski definition) is 0. The molecule has 0 aliphatic rings. The van der Waals surface area contributed by atoms with Crippen LogP contribution in [0.3, 0.4) is 0 Å². The Morgan fingerprint density at radius 3 is 2.86 bits per heavy atom.